The Bertz CT molecular complexity index is 686. The van der Waals surface area contributed by atoms with Gasteiger partial charge in [0, 0.05) is 18.4 Å². The maximum absolute atomic E-state index is 6.92. The largest absolute Gasteiger partial charge is 0.349 e. The van der Waals surface area contributed by atoms with Crippen molar-refractivity contribution in [3.05, 3.63) is 0 Å². The summed E-state index contributed by atoms with van der Waals surface area (Å²) in [4.78, 5) is 0. The maximum Gasteiger partial charge on any atom is 0.171 e. The SMILES string of the molecule is C[C@H]1CC[C@@]2(OC1)O[C@H]1C[C@H]3[C@@H]4CC[C@@H]5C[C@H](N)CC[C@]5(C)C4CC[C@]3(C)[C@H]1[C@@H]2C. The van der Waals surface area contributed by atoms with Gasteiger partial charge in [-0.3, -0.25) is 0 Å². The van der Waals surface area contributed by atoms with Crippen LogP contribution in [-0.2, 0) is 9.47 Å². The van der Waals surface area contributed by atoms with E-state index in [1.165, 1.54) is 57.8 Å². The van der Waals surface area contributed by atoms with Crippen molar-refractivity contribution in [1.29, 1.82) is 0 Å². The Morgan fingerprint density at radius 3 is 2.40 bits per heavy atom. The maximum atomic E-state index is 6.92. The van der Waals surface area contributed by atoms with Gasteiger partial charge in [0.15, 0.2) is 5.79 Å². The molecule has 2 saturated heterocycles. The predicted octanol–water partition coefficient (Wildman–Crippen LogP) is 5.76. The molecule has 0 aromatic carbocycles. The molecule has 2 N–H and O–H groups in total. The van der Waals surface area contributed by atoms with Crippen molar-refractivity contribution in [3.8, 4) is 0 Å². The van der Waals surface area contributed by atoms with Gasteiger partial charge in [-0.15, -0.1) is 0 Å². The summed E-state index contributed by atoms with van der Waals surface area (Å²) in [6, 6.07) is 0.461. The van der Waals surface area contributed by atoms with Crippen LogP contribution < -0.4 is 5.73 Å². The van der Waals surface area contributed by atoms with E-state index < -0.39 is 0 Å². The molecule has 6 aliphatic rings. The molecule has 6 fully saturated rings. The second kappa shape index (κ2) is 6.70. The minimum Gasteiger partial charge on any atom is -0.349 e. The lowest BCUT2D eigenvalue weighted by atomic mass is 9.44. The molecule has 2 aliphatic heterocycles. The lowest BCUT2D eigenvalue weighted by molar-refractivity contribution is -0.273. The summed E-state index contributed by atoms with van der Waals surface area (Å²) < 4.78 is 13.4. The molecule has 3 nitrogen and oxygen atoms in total. The molecule has 0 amide bonds. The summed E-state index contributed by atoms with van der Waals surface area (Å²) in [6.45, 7) is 11.0. The molecule has 6 rings (SSSR count). The van der Waals surface area contributed by atoms with Crippen molar-refractivity contribution < 1.29 is 9.47 Å². The monoisotopic (exact) mass is 415 g/mol. The van der Waals surface area contributed by atoms with Crippen LogP contribution in [-0.4, -0.2) is 24.5 Å². The van der Waals surface area contributed by atoms with E-state index >= 15 is 0 Å². The Labute approximate surface area is 184 Å². The highest BCUT2D eigenvalue weighted by Crippen LogP contribution is 2.71. The molecule has 1 unspecified atom stereocenters. The summed E-state index contributed by atoms with van der Waals surface area (Å²) in [5.74, 6) is 5.25. The minimum absolute atomic E-state index is 0.268. The van der Waals surface area contributed by atoms with E-state index in [1.54, 1.807) is 0 Å². The zero-order valence-electron chi connectivity index (χ0n) is 19.9. The molecule has 0 aromatic heterocycles. The average molecular weight is 416 g/mol. The third-order valence-electron chi connectivity index (χ3n) is 12.0. The quantitative estimate of drug-likeness (QED) is 0.547. The first-order chi connectivity index (χ1) is 14.3. The number of fused-ring (bicyclic) bond motifs is 7. The highest BCUT2D eigenvalue weighted by atomic mass is 16.7. The molecule has 12 atom stereocenters. The normalized spacial score (nSPS) is 62.5. The third-order valence-corrected chi connectivity index (χ3v) is 12.0. The van der Waals surface area contributed by atoms with Crippen LogP contribution in [0, 0.1) is 52.3 Å². The van der Waals surface area contributed by atoms with E-state index in [0.717, 1.165) is 36.7 Å². The summed E-state index contributed by atoms with van der Waals surface area (Å²) in [6.07, 6.45) is 13.7. The van der Waals surface area contributed by atoms with Crippen LogP contribution in [0.25, 0.3) is 0 Å². The molecule has 0 radical (unpaired) electrons. The van der Waals surface area contributed by atoms with Crippen molar-refractivity contribution in [2.45, 2.75) is 110 Å². The number of hydrogen-bond acceptors (Lipinski definition) is 3. The van der Waals surface area contributed by atoms with Gasteiger partial charge in [-0.05, 0) is 104 Å². The number of rotatable bonds is 0. The van der Waals surface area contributed by atoms with E-state index in [0.29, 0.717) is 40.7 Å². The topological polar surface area (TPSA) is 44.5 Å². The van der Waals surface area contributed by atoms with Crippen molar-refractivity contribution >= 4 is 0 Å². The molecule has 170 valence electrons. The zero-order valence-corrected chi connectivity index (χ0v) is 19.9. The van der Waals surface area contributed by atoms with Crippen molar-refractivity contribution in [1.82, 2.24) is 0 Å². The van der Waals surface area contributed by atoms with Gasteiger partial charge in [0.1, 0.15) is 0 Å². The Kier molecular flexibility index (Phi) is 4.58. The van der Waals surface area contributed by atoms with Crippen LogP contribution in [0.2, 0.25) is 0 Å². The molecule has 2 heterocycles. The van der Waals surface area contributed by atoms with Gasteiger partial charge in [-0.2, -0.15) is 0 Å². The van der Waals surface area contributed by atoms with Crippen LogP contribution >= 0.6 is 0 Å². The molecule has 4 aliphatic carbocycles. The van der Waals surface area contributed by atoms with Crippen LogP contribution in [0.1, 0.15) is 91.9 Å². The third kappa shape index (κ3) is 2.61. The van der Waals surface area contributed by atoms with E-state index in [-0.39, 0.29) is 5.79 Å². The zero-order chi connectivity index (χ0) is 20.9. The predicted molar refractivity (Wildman–Crippen MR) is 120 cm³/mol. The first-order valence-corrected chi connectivity index (χ1v) is 13.3. The number of ether oxygens (including phenoxy) is 2. The van der Waals surface area contributed by atoms with Crippen LogP contribution in [0.3, 0.4) is 0 Å². The fraction of sp³-hybridized carbons (Fsp3) is 1.00. The van der Waals surface area contributed by atoms with E-state index in [2.05, 4.69) is 27.7 Å². The first kappa shape index (κ1) is 20.5. The lowest BCUT2D eigenvalue weighted by Crippen LogP contribution is -2.55. The smallest absolute Gasteiger partial charge is 0.171 e. The summed E-state index contributed by atoms with van der Waals surface area (Å²) >= 11 is 0. The Morgan fingerprint density at radius 2 is 1.63 bits per heavy atom. The van der Waals surface area contributed by atoms with Gasteiger partial charge in [0.2, 0.25) is 0 Å². The molecular weight excluding hydrogens is 370 g/mol. The van der Waals surface area contributed by atoms with Crippen molar-refractivity contribution in [2.24, 2.45) is 58.0 Å². The van der Waals surface area contributed by atoms with E-state index in [4.69, 9.17) is 15.2 Å². The summed E-state index contributed by atoms with van der Waals surface area (Å²) in [7, 11) is 0. The Morgan fingerprint density at radius 1 is 0.833 bits per heavy atom. The second-order valence-electron chi connectivity index (χ2n) is 13.2. The Hall–Kier alpha value is -0.120. The first-order valence-electron chi connectivity index (χ1n) is 13.3. The molecule has 3 heteroatoms. The van der Waals surface area contributed by atoms with Gasteiger partial charge >= 0.3 is 0 Å². The van der Waals surface area contributed by atoms with Crippen molar-refractivity contribution in [2.75, 3.05) is 6.61 Å². The molecule has 1 spiro atoms. The number of nitrogens with two attached hydrogens (primary N) is 1. The fourth-order valence-electron chi connectivity index (χ4n) is 10.3. The van der Waals surface area contributed by atoms with Crippen LogP contribution in [0.5, 0.6) is 0 Å². The molecule has 0 bridgehead atoms. The average Bonchev–Trinajstić information content (AvgIpc) is 3.16. The van der Waals surface area contributed by atoms with Gasteiger partial charge in [0.25, 0.3) is 0 Å². The molecule has 0 aromatic rings. The minimum atomic E-state index is -0.268. The van der Waals surface area contributed by atoms with E-state index in [1.807, 2.05) is 0 Å². The van der Waals surface area contributed by atoms with Crippen LogP contribution in [0.4, 0.5) is 0 Å². The van der Waals surface area contributed by atoms with Gasteiger partial charge in [-0.25, -0.2) is 0 Å². The number of hydrogen-bond donors (Lipinski definition) is 1. The summed E-state index contributed by atoms with van der Waals surface area (Å²) in [5.41, 5.74) is 7.40. The highest BCUT2D eigenvalue weighted by Gasteiger charge is 2.69. The molecule has 30 heavy (non-hydrogen) atoms. The molecular formula is C27H45NO2. The molecule has 4 saturated carbocycles. The second-order valence-corrected chi connectivity index (χ2v) is 13.2. The Balaban J connectivity index is 1.26. The fourth-order valence-corrected chi connectivity index (χ4v) is 10.3. The lowest BCUT2D eigenvalue weighted by Gasteiger charge is -2.61. The summed E-state index contributed by atoms with van der Waals surface area (Å²) in [5, 5.41) is 0. The van der Waals surface area contributed by atoms with Crippen molar-refractivity contribution in [3.63, 3.8) is 0 Å². The van der Waals surface area contributed by atoms with E-state index in [9.17, 15) is 0 Å². The van der Waals surface area contributed by atoms with Gasteiger partial charge in [0.05, 0.1) is 12.7 Å². The highest BCUT2D eigenvalue weighted by molar-refractivity contribution is 5.15. The van der Waals surface area contributed by atoms with Gasteiger partial charge in [-0.1, -0.05) is 27.7 Å². The standard InChI is InChI=1S/C27H45NO2/c1-16-7-12-27(29-15-16)17(2)24-23(30-27)14-22-20-6-5-18-13-19(28)8-10-25(18,3)21(20)9-11-26(22,24)4/h16-24H,5-15,28H2,1-4H3/t16-,17-,18+,19+,20+,21?,22-,23-,24-,25-,26-,27+/m0/s1. The van der Waals surface area contributed by atoms with Gasteiger partial charge < -0.3 is 15.2 Å². The van der Waals surface area contributed by atoms with Crippen LogP contribution in [0.15, 0.2) is 0 Å².